The van der Waals surface area contributed by atoms with Gasteiger partial charge in [-0.25, -0.2) is 0 Å². The van der Waals surface area contributed by atoms with Gasteiger partial charge in [0.25, 0.3) is 0 Å². The summed E-state index contributed by atoms with van der Waals surface area (Å²) in [6.45, 7) is 3.56. The Hall–Kier alpha value is -1.81. The molecule has 0 unspecified atom stereocenters. The second-order valence-electron chi connectivity index (χ2n) is 5.17. The van der Waals surface area contributed by atoms with Gasteiger partial charge in [-0.2, -0.15) is 0 Å². The van der Waals surface area contributed by atoms with Crippen LogP contribution in [0.25, 0.3) is 0 Å². The Labute approximate surface area is 119 Å². The van der Waals surface area contributed by atoms with Crippen LogP contribution in [0.4, 0.5) is 0 Å². The lowest BCUT2D eigenvalue weighted by molar-refractivity contribution is -0.131. The fraction of sp³-hybridized carbons (Fsp3) is 0.438. The molecule has 0 aromatic heterocycles. The molecule has 0 radical (unpaired) electrons. The predicted octanol–water partition coefficient (Wildman–Crippen LogP) is 2.42. The largest absolute Gasteiger partial charge is 0.497 e. The highest BCUT2D eigenvalue weighted by atomic mass is 16.5. The fourth-order valence-corrected chi connectivity index (χ4v) is 2.71. The molecule has 1 aromatic rings. The number of carbonyl (C=O) groups excluding carboxylic acids is 1. The maximum atomic E-state index is 12.2. The molecule has 4 nitrogen and oxygen atoms in total. The van der Waals surface area contributed by atoms with E-state index in [2.05, 4.69) is 0 Å². The molecular weight excluding hydrogens is 256 g/mol. The SMILES string of the molecule is COc1ccc([C@H](CCO)[C@@]2(C)OC(C)=CC2=O)cc1. The molecule has 0 saturated carbocycles. The van der Waals surface area contributed by atoms with Gasteiger partial charge in [-0.05, 0) is 38.0 Å². The van der Waals surface area contributed by atoms with Crippen molar-refractivity contribution in [3.05, 3.63) is 41.7 Å². The van der Waals surface area contributed by atoms with Crippen LogP contribution in [0.3, 0.4) is 0 Å². The topological polar surface area (TPSA) is 55.8 Å². The number of allylic oxidation sites excluding steroid dienone is 1. The highest BCUT2D eigenvalue weighted by Crippen LogP contribution is 2.40. The molecule has 1 heterocycles. The number of aliphatic hydroxyl groups excluding tert-OH is 1. The number of hydrogen-bond donors (Lipinski definition) is 1. The first-order chi connectivity index (χ1) is 9.51. The van der Waals surface area contributed by atoms with Crippen LogP contribution in [0.1, 0.15) is 31.7 Å². The molecule has 4 heteroatoms. The molecule has 1 aromatic carbocycles. The lowest BCUT2D eigenvalue weighted by Gasteiger charge is -2.33. The van der Waals surface area contributed by atoms with E-state index in [1.165, 1.54) is 6.08 Å². The third-order valence-electron chi connectivity index (χ3n) is 3.80. The van der Waals surface area contributed by atoms with Crippen molar-refractivity contribution in [3.8, 4) is 5.75 Å². The van der Waals surface area contributed by atoms with E-state index in [0.717, 1.165) is 11.3 Å². The zero-order chi connectivity index (χ0) is 14.8. The van der Waals surface area contributed by atoms with E-state index in [1.54, 1.807) is 21.0 Å². The Morgan fingerprint density at radius 3 is 2.45 bits per heavy atom. The van der Waals surface area contributed by atoms with E-state index in [1.807, 2.05) is 24.3 Å². The van der Waals surface area contributed by atoms with Gasteiger partial charge in [0.05, 0.1) is 12.9 Å². The normalized spacial score (nSPS) is 23.2. The molecule has 0 fully saturated rings. The van der Waals surface area contributed by atoms with Crippen LogP contribution < -0.4 is 4.74 Å². The first kappa shape index (κ1) is 14.6. The van der Waals surface area contributed by atoms with Crippen molar-refractivity contribution in [1.29, 1.82) is 0 Å². The first-order valence-electron chi connectivity index (χ1n) is 6.68. The highest BCUT2D eigenvalue weighted by Gasteiger charge is 2.46. The number of methoxy groups -OCH3 is 1. The minimum Gasteiger partial charge on any atom is -0.497 e. The predicted molar refractivity (Wildman–Crippen MR) is 75.7 cm³/mol. The van der Waals surface area contributed by atoms with Crippen molar-refractivity contribution in [2.45, 2.75) is 31.8 Å². The summed E-state index contributed by atoms with van der Waals surface area (Å²) < 4.78 is 10.9. The van der Waals surface area contributed by atoms with Crippen LogP contribution in [0.2, 0.25) is 0 Å². The van der Waals surface area contributed by atoms with Gasteiger partial charge in [0, 0.05) is 18.6 Å². The molecular formula is C16H20O4. The van der Waals surface area contributed by atoms with Gasteiger partial charge in [0.15, 0.2) is 5.60 Å². The number of ketones is 1. The van der Waals surface area contributed by atoms with Gasteiger partial charge in [-0.1, -0.05) is 12.1 Å². The van der Waals surface area contributed by atoms with Crippen LogP contribution in [-0.2, 0) is 9.53 Å². The lowest BCUT2D eigenvalue weighted by atomic mass is 9.79. The summed E-state index contributed by atoms with van der Waals surface area (Å²) in [5.74, 6) is 1.13. The average molecular weight is 276 g/mol. The smallest absolute Gasteiger partial charge is 0.202 e. The van der Waals surface area contributed by atoms with Crippen LogP contribution >= 0.6 is 0 Å². The molecule has 0 spiro atoms. The lowest BCUT2D eigenvalue weighted by Crippen LogP contribution is -2.40. The molecule has 1 aliphatic heterocycles. The Balaban J connectivity index is 2.33. The van der Waals surface area contributed by atoms with Gasteiger partial charge < -0.3 is 14.6 Å². The van der Waals surface area contributed by atoms with E-state index in [9.17, 15) is 9.90 Å². The molecule has 2 rings (SSSR count). The second-order valence-corrected chi connectivity index (χ2v) is 5.17. The van der Waals surface area contributed by atoms with Crippen molar-refractivity contribution in [2.75, 3.05) is 13.7 Å². The number of benzene rings is 1. The van der Waals surface area contributed by atoms with E-state index in [4.69, 9.17) is 9.47 Å². The summed E-state index contributed by atoms with van der Waals surface area (Å²) in [6.07, 6.45) is 1.99. The zero-order valence-electron chi connectivity index (χ0n) is 12.1. The van der Waals surface area contributed by atoms with Crippen molar-refractivity contribution in [2.24, 2.45) is 0 Å². The zero-order valence-corrected chi connectivity index (χ0v) is 12.1. The molecule has 0 bridgehead atoms. The van der Waals surface area contributed by atoms with Crippen LogP contribution in [0.15, 0.2) is 36.1 Å². The summed E-state index contributed by atoms with van der Waals surface area (Å²) in [4.78, 5) is 12.2. The quantitative estimate of drug-likeness (QED) is 0.897. The molecule has 108 valence electrons. The Bertz CT molecular complexity index is 518. The maximum absolute atomic E-state index is 12.2. The summed E-state index contributed by atoms with van der Waals surface area (Å²) >= 11 is 0. The first-order valence-corrected chi connectivity index (χ1v) is 6.68. The number of ether oxygens (including phenoxy) is 2. The number of rotatable bonds is 5. The second kappa shape index (κ2) is 5.67. The van der Waals surface area contributed by atoms with E-state index in [-0.39, 0.29) is 18.3 Å². The van der Waals surface area contributed by atoms with Gasteiger partial charge in [-0.3, -0.25) is 4.79 Å². The average Bonchev–Trinajstić information content (AvgIpc) is 2.70. The number of hydrogen-bond acceptors (Lipinski definition) is 4. The monoisotopic (exact) mass is 276 g/mol. The van der Waals surface area contributed by atoms with Gasteiger partial charge in [0.1, 0.15) is 5.75 Å². The standard InChI is InChI=1S/C16H20O4/c1-11-10-15(18)16(2,20-11)14(8-9-17)12-4-6-13(19-3)7-5-12/h4-7,10,14,17H,8-9H2,1-3H3/t14-,16+/m0/s1. The Morgan fingerprint density at radius 1 is 1.35 bits per heavy atom. The third-order valence-corrected chi connectivity index (χ3v) is 3.80. The Kier molecular flexibility index (Phi) is 4.14. The van der Waals surface area contributed by atoms with Crippen molar-refractivity contribution < 1.29 is 19.4 Å². The number of aliphatic hydroxyl groups is 1. The van der Waals surface area contributed by atoms with Gasteiger partial charge >= 0.3 is 0 Å². The van der Waals surface area contributed by atoms with Crippen LogP contribution in [-0.4, -0.2) is 30.2 Å². The van der Waals surface area contributed by atoms with Gasteiger partial charge in [-0.15, -0.1) is 0 Å². The minimum absolute atomic E-state index is 0.00196. The molecule has 1 N–H and O–H groups in total. The molecule has 2 atom stereocenters. The fourth-order valence-electron chi connectivity index (χ4n) is 2.71. The molecule has 0 amide bonds. The summed E-state index contributed by atoms with van der Waals surface area (Å²) in [7, 11) is 1.61. The molecule has 0 aliphatic carbocycles. The van der Waals surface area contributed by atoms with Crippen LogP contribution in [0, 0.1) is 0 Å². The Morgan fingerprint density at radius 2 is 2.00 bits per heavy atom. The summed E-state index contributed by atoms with van der Waals surface area (Å²) in [5.41, 5.74) is 0.0142. The minimum atomic E-state index is -0.943. The number of carbonyl (C=O) groups is 1. The molecule has 1 aliphatic rings. The summed E-state index contributed by atoms with van der Waals surface area (Å²) in [6, 6.07) is 7.52. The molecule has 20 heavy (non-hydrogen) atoms. The van der Waals surface area contributed by atoms with Crippen molar-refractivity contribution in [1.82, 2.24) is 0 Å². The van der Waals surface area contributed by atoms with Crippen LogP contribution in [0.5, 0.6) is 5.75 Å². The maximum Gasteiger partial charge on any atom is 0.202 e. The van der Waals surface area contributed by atoms with E-state index >= 15 is 0 Å². The van der Waals surface area contributed by atoms with E-state index in [0.29, 0.717) is 12.2 Å². The third kappa shape index (κ3) is 2.56. The highest BCUT2D eigenvalue weighted by molar-refractivity contribution is 5.99. The van der Waals surface area contributed by atoms with Gasteiger partial charge in [0.2, 0.25) is 5.78 Å². The van der Waals surface area contributed by atoms with E-state index < -0.39 is 5.60 Å². The van der Waals surface area contributed by atoms with Crippen molar-refractivity contribution >= 4 is 5.78 Å². The van der Waals surface area contributed by atoms with Crippen molar-refractivity contribution in [3.63, 3.8) is 0 Å². The molecule has 0 saturated heterocycles. The summed E-state index contributed by atoms with van der Waals surface area (Å²) in [5, 5.41) is 9.32.